The molecule has 3 heterocycles. The summed E-state index contributed by atoms with van der Waals surface area (Å²) >= 11 is 0. The van der Waals surface area contributed by atoms with Crippen LogP contribution in [0, 0.1) is 5.41 Å². The predicted molar refractivity (Wildman–Crippen MR) is 82.0 cm³/mol. The van der Waals surface area contributed by atoms with E-state index in [-0.39, 0.29) is 11.3 Å². The molecule has 2 saturated heterocycles. The van der Waals surface area contributed by atoms with Crippen molar-refractivity contribution in [3.63, 3.8) is 0 Å². The van der Waals surface area contributed by atoms with Crippen LogP contribution < -0.4 is 4.90 Å². The first-order chi connectivity index (χ1) is 10.2. The third kappa shape index (κ3) is 2.55. The second kappa shape index (κ2) is 5.72. The molecule has 0 saturated carbocycles. The summed E-state index contributed by atoms with van der Waals surface area (Å²) in [6.07, 6.45) is 7.90. The minimum atomic E-state index is -0.181. The number of β-lactam (4-membered cyclic amide) rings is 1. The van der Waals surface area contributed by atoms with Crippen molar-refractivity contribution in [2.75, 3.05) is 24.5 Å². The second-order valence-electron chi connectivity index (χ2n) is 6.43. The van der Waals surface area contributed by atoms with Gasteiger partial charge in [-0.2, -0.15) is 0 Å². The summed E-state index contributed by atoms with van der Waals surface area (Å²) < 4.78 is 0. The minimum Gasteiger partial charge on any atom is -0.300 e. The van der Waals surface area contributed by atoms with Crippen molar-refractivity contribution in [3.8, 4) is 0 Å². The maximum absolute atomic E-state index is 12.7. The molecule has 0 N–H and O–H groups in total. The molecule has 0 bridgehead atoms. The van der Waals surface area contributed by atoms with Gasteiger partial charge in [0.25, 0.3) is 0 Å². The summed E-state index contributed by atoms with van der Waals surface area (Å²) in [7, 11) is 0. The van der Waals surface area contributed by atoms with Crippen LogP contribution in [0.2, 0.25) is 0 Å². The van der Waals surface area contributed by atoms with E-state index in [4.69, 9.17) is 0 Å². The summed E-state index contributed by atoms with van der Waals surface area (Å²) in [5, 5.41) is 0. The Morgan fingerprint density at radius 1 is 1.33 bits per heavy atom. The van der Waals surface area contributed by atoms with E-state index in [1.165, 1.54) is 12.8 Å². The molecule has 2 aliphatic heterocycles. The minimum absolute atomic E-state index is 0.181. The summed E-state index contributed by atoms with van der Waals surface area (Å²) in [5.74, 6) is 0.758. The van der Waals surface area contributed by atoms with Crippen molar-refractivity contribution in [2.24, 2.45) is 5.41 Å². The molecule has 0 unspecified atom stereocenters. The molecule has 5 nitrogen and oxygen atoms in total. The Hall–Kier alpha value is -1.49. The van der Waals surface area contributed by atoms with Crippen LogP contribution in [0.3, 0.4) is 0 Å². The van der Waals surface area contributed by atoms with Crippen LogP contribution >= 0.6 is 0 Å². The summed E-state index contributed by atoms with van der Waals surface area (Å²) in [6, 6.07) is 2.35. The molecule has 1 aromatic heterocycles. The number of amides is 1. The van der Waals surface area contributed by atoms with E-state index in [0.29, 0.717) is 12.0 Å². The van der Waals surface area contributed by atoms with Crippen LogP contribution in [-0.2, 0) is 4.79 Å². The number of anilines is 1. The van der Waals surface area contributed by atoms with Gasteiger partial charge in [-0.1, -0.05) is 13.3 Å². The zero-order valence-corrected chi connectivity index (χ0v) is 13.0. The monoisotopic (exact) mass is 288 g/mol. The molecule has 2 aliphatic rings. The van der Waals surface area contributed by atoms with Crippen LogP contribution in [0.25, 0.3) is 0 Å². The maximum atomic E-state index is 12.7. The van der Waals surface area contributed by atoms with Gasteiger partial charge in [-0.15, -0.1) is 0 Å². The van der Waals surface area contributed by atoms with Crippen molar-refractivity contribution in [2.45, 2.75) is 45.6 Å². The standard InChI is InChI=1S/C16H24N4O/c1-3-6-13(2)19-10-4-7-16(11-19)12-20(14(16)21)15-17-8-5-9-18-15/h5,8-9,13H,3-4,6-7,10-12H2,1-2H3/t13-,16-/m0/s1. The van der Waals surface area contributed by atoms with Gasteiger partial charge in [0.15, 0.2) is 0 Å². The molecule has 114 valence electrons. The number of aromatic nitrogens is 2. The summed E-state index contributed by atoms with van der Waals surface area (Å²) in [5.41, 5.74) is -0.181. The highest BCUT2D eigenvalue weighted by Gasteiger charge is 2.55. The van der Waals surface area contributed by atoms with E-state index >= 15 is 0 Å². The van der Waals surface area contributed by atoms with Gasteiger partial charge in [-0.05, 0) is 38.8 Å². The van der Waals surface area contributed by atoms with E-state index in [9.17, 15) is 4.79 Å². The zero-order chi connectivity index (χ0) is 14.9. The summed E-state index contributed by atoms with van der Waals surface area (Å²) in [4.78, 5) is 25.3. The van der Waals surface area contributed by atoms with Gasteiger partial charge in [0.05, 0.1) is 5.41 Å². The Labute approximate surface area is 126 Å². The van der Waals surface area contributed by atoms with Crippen molar-refractivity contribution < 1.29 is 4.79 Å². The lowest BCUT2D eigenvalue weighted by Gasteiger charge is -2.53. The second-order valence-corrected chi connectivity index (χ2v) is 6.43. The van der Waals surface area contributed by atoms with Crippen LogP contribution in [0.15, 0.2) is 18.5 Å². The number of likely N-dealkylation sites (tertiary alicyclic amines) is 1. The van der Waals surface area contributed by atoms with E-state index in [2.05, 4.69) is 28.7 Å². The molecule has 1 amide bonds. The van der Waals surface area contributed by atoms with Crippen molar-refractivity contribution in [1.29, 1.82) is 0 Å². The number of hydrogen-bond acceptors (Lipinski definition) is 4. The Balaban J connectivity index is 1.68. The number of hydrogen-bond donors (Lipinski definition) is 0. The lowest BCUT2D eigenvalue weighted by Crippen LogP contribution is -2.68. The highest BCUT2D eigenvalue weighted by atomic mass is 16.2. The molecule has 5 heteroatoms. The molecule has 1 spiro atoms. The first-order valence-corrected chi connectivity index (χ1v) is 7.99. The highest BCUT2D eigenvalue weighted by Crippen LogP contribution is 2.42. The van der Waals surface area contributed by atoms with Gasteiger partial charge in [0, 0.05) is 31.5 Å². The fourth-order valence-electron chi connectivity index (χ4n) is 3.68. The third-order valence-corrected chi connectivity index (χ3v) is 4.89. The average Bonchev–Trinajstić information content (AvgIpc) is 2.53. The molecule has 1 aromatic rings. The number of carbonyl (C=O) groups is 1. The van der Waals surface area contributed by atoms with Gasteiger partial charge >= 0.3 is 0 Å². The van der Waals surface area contributed by atoms with Crippen molar-refractivity contribution in [3.05, 3.63) is 18.5 Å². The van der Waals surface area contributed by atoms with Crippen LogP contribution in [0.1, 0.15) is 39.5 Å². The largest absolute Gasteiger partial charge is 0.300 e. The van der Waals surface area contributed by atoms with Gasteiger partial charge in [-0.3, -0.25) is 14.6 Å². The van der Waals surface area contributed by atoms with E-state index in [1.54, 1.807) is 23.4 Å². The Morgan fingerprint density at radius 3 is 2.76 bits per heavy atom. The van der Waals surface area contributed by atoms with E-state index < -0.39 is 0 Å². The van der Waals surface area contributed by atoms with Crippen molar-refractivity contribution in [1.82, 2.24) is 14.9 Å². The number of carbonyl (C=O) groups excluding carboxylic acids is 1. The molecule has 0 aliphatic carbocycles. The average molecular weight is 288 g/mol. The lowest BCUT2D eigenvalue weighted by molar-refractivity contribution is -0.140. The van der Waals surface area contributed by atoms with Crippen LogP contribution in [0.4, 0.5) is 5.95 Å². The van der Waals surface area contributed by atoms with Crippen molar-refractivity contribution >= 4 is 11.9 Å². The van der Waals surface area contributed by atoms with E-state index in [1.807, 2.05) is 0 Å². The SMILES string of the molecule is CCC[C@H](C)N1CCC[C@@]2(CN(c3ncccn3)C2=O)C1. The van der Waals surface area contributed by atoms with Gasteiger partial charge in [-0.25, -0.2) is 9.97 Å². The third-order valence-electron chi connectivity index (χ3n) is 4.89. The molecule has 0 aromatic carbocycles. The normalized spacial score (nSPS) is 27.7. The number of piperidine rings is 1. The highest BCUT2D eigenvalue weighted by molar-refractivity contribution is 6.03. The summed E-state index contributed by atoms with van der Waals surface area (Å²) in [6.45, 7) is 7.29. The molecular formula is C16H24N4O. The molecule has 21 heavy (non-hydrogen) atoms. The van der Waals surface area contributed by atoms with Crippen LogP contribution in [-0.4, -0.2) is 46.5 Å². The fourth-order valence-corrected chi connectivity index (χ4v) is 3.68. The molecule has 0 radical (unpaired) electrons. The Bertz CT molecular complexity index is 506. The predicted octanol–water partition coefficient (Wildman–Crippen LogP) is 2.09. The smallest absolute Gasteiger partial charge is 0.238 e. The molecule has 3 rings (SSSR count). The molecule has 2 fully saturated rings. The lowest BCUT2D eigenvalue weighted by atomic mass is 9.72. The Morgan fingerprint density at radius 2 is 2.10 bits per heavy atom. The van der Waals surface area contributed by atoms with E-state index in [0.717, 1.165) is 32.5 Å². The van der Waals surface area contributed by atoms with Crippen LogP contribution in [0.5, 0.6) is 0 Å². The zero-order valence-electron chi connectivity index (χ0n) is 13.0. The molecule has 2 atom stereocenters. The first kappa shape index (κ1) is 14.4. The quantitative estimate of drug-likeness (QED) is 0.796. The molecular weight excluding hydrogens is 264 g/mol. The number of nitrogens with zero attached hydrogens (tertiary/aromatic N) is 4. The fraction of sp³-hybridized carbons (Fsp3) is 0.688. The topological polar surface area (TPSA) is 49.3 Å². The van der Waals surface area contributed by atoms with Gasteiger partial charge in [0.2, 0.25) is 11.9 Å². The maximum Gasteiger partial charge on any atom is 0.238 e. The first-order valence-electron chi connectivity index (χ1n) is 7.99. The van der Waals surface area contributed by atoms with Gasteiger partial charge in [0.1, 0.15) is 0 Å². The van der Waals surface area contributed by atoms with Gasteiger partial charge < -0.3 is 0 Å². The Kier molecular flexibility index (Phi) is 3.93. The number of rotatable bonds is 4.